The molecule has 1 atom stereocenters. The highest BCUT2D eigenvalue weighted by Gasteiger charge is 2.40. The summed E-state index contributed by atoms with van der Waals surface area (Å²) in [6.45, 7) is 12.0. The van der Waals surface area contributed by atoms with E-state index in [1.807, 2.05) is 32.9 Å². The first-order valence-corrected chi connectivity index (χ1v) is 8.98. The Morgan fingerprint density at radius 2 is 2.00 bits per heavy atom. The summed E-state index contributed by atoms with van der Waals surface area (Å²) in [6.07, 6.45) is 0.965. The van der Waals surface area contributed by atoms with Crippen LogP contribution in [-0.2, 0) is 14.3 Å². The number of allylic oxidation sites excluding steroid dienone is 3. The molecule has 4 nitrogen and oxygen atoms in total. The van der Waals surface area contributed by atoms with Crippen LogP contribution in [0.5, 0.6) is 0 Å². The van der Waals surface area contributed by atoms with Gasteiger partial charge in [-0.15, -0.1) is 0 Å². The highest BCUT2D eigenvalue weighted by molar-refractivity contribution is 6.05. The van der Waals surface area contributed by atoms with Crippen molar-refractivity contribution in [2.75, 3.05) is 6.61 Å². The lowest BCUT2D eigenvalue weighted by Gasteiger charge is -2.35. The maximum absolute atomic E-state index is 12.9. The molecule has 1 heterocycles. The fourth-order valence-corrected chi connectivity index (χ4v) is 3.94. The van der Waals surface area contributed by atoms with Gasteiger partial charge in [0, 0.05) is 35.7 Å². The van der Waals surface area contributed by atoms with E-state index in [0.717, 1.165) is 33.7 Å². The SMILES string of the molecule is C=C1CC(=O)C2=C(C1)NC(C)=C(C(=O)OCC)C2c1ccc(C)cc1C. The third kappa shape index (κ3) is 3.12. The number of aryl methyl sites for hydroxylation is 2. The van der Waals surface area contributed by atoms with Gasteiger partial charge in [-0.1, -0.05) is 35.9 Å². The van der Waals surface area contributed by atoms with Crippen LogP contribution in [0.4, 0.5) is 0 Å². The summed E-state index contributed by atoms with van der Waals surface area (Å²) in [5.41, 5.74) is 6.90. The second kappa shape index (κ2) is 6.94. The number of ketones is 1. The van der Waals surface area contributed by atoms with Gasteiger partial charge in [0.1, 0.15) is 0 Å². The average molecular weight is 351 g/mol. The number of nitrogens with one attached hydrogen (secondary N) is 1. The molecule has 26 heavy (non-hydrogen) atoms. The Labute approximate surface area is 154 Å². The third-order valence-electron chi connectivity index (χ3n) is 5.01. The molecule has 0 bridgehead atoms. The van der Waals surface area contributed by atoms with Gasteiger partial charge < -0.3 is 10.1 Å². The zero-order chi connectivity index (χ0) is 19.0. The molecule has 0 spiro atoms. The van der Waals surface area contributed by atoms with Crippen LogP contribution in [0.25, 0.3) is 0 Å². The Hall–Kier alpha value is -2.62. The quantitative estimate of drug-likeness (QED) is 0.661. The molecule has 0 amide bonds. The lowest BCUT2D eigenvalue weighted by molar-refractivity contribution is -0.138. The zero-order valence-electron chi connectivity index (χ0n) is 15.9. The number of esters is 1. The van der Waals surface area contributed by atoms with Crippen molar-refractivity contribution in [2.45, 2.75) is 46.5 Å². The highest BCUT2D eigenvalue weighted by atomic mass is 16.5. The van der Waals surface area contributed by atoms with Crippen LogP contribution in [0.15, 0.2) is 52.9 Å². The number of hydrogen-bond donors (Lipinski definition) is 1. The molecule has 0 saturated carbocycles. The van der Waals surface area contributed by atoms with Crippen LogP contribution in [0.2, 0.25) is 0 Å². The molecule has 1 N–H and O–H groups in total. The first-order valence-electron chi connectivity index (χ1n) is 8.98. The van der Waals surface area contributed by atoms with Gasteiger partial charge in [-0.25, -0.2) is 4.79 Å². The molecule has 0 radical (unpaired) electrons. The van der Waals surface area contributed by atoms with E-state index < -0.39 is 5.92 Å². The number of ether oxygens (including phenoxy) is 1. The molecule has 1 aromatic rings. The third-order valence-corrected chi connectivity index (χ3v) is 5.01. The number of hydrogen-bond acceptors (Lipinski definition) is 4. The summed E-state index contributed by atoms with van der Waals surface area (Å²) < 4.78 is 5.31. The first-order chi connectivity index (χ1) is 12.3. The number of dihydropyridines is 1. The van der Waals surface area contributed by atoms with Gasteiger partial charge in [-0.3, -0.25) is 4.79 Å². The minimum absolute atomic E-state index is 0.0306. The van der Waals surface area contributed by atoms with Gasteiger partial charge in [0.2, 0.25) is 0 Å². The standard InChI is InChI=1S/C22H25NO3/c1-6-26-22(25)19-15(5)23-17-10-13(3)11-18(24)21(17)20(19)16-8-7-12(2)9-14(16)4/h7-9,20,23H,3,6,10-11H2,1-2,4-5H3. The largest absolute Gasteiger partial charge is 0.463 e. The molecule has 4 heteroatoms. The molecule has 1 aliphatic carbocycles. The summed E-state index contributed by atoms with van der Waals surface area (Å²) in [5.74, 6) is -0.735. The van der Waals surface area contributed by atoms with E-state index in [4.69, 9.17) is 4.74 Å². The molecule has 3 rings (SSSR count). The monoisotopic (exact) mass is 351 g/mol. The van der Waals surface area contributed by atoms with Crippen molar-refractivity contribution in [3.8, 4) is 0 Å². The molecule has 2 aliphatic rings. The Morgan fingerprint density at radius 3 is 2.65 bits per heavy atom. The van der Waals surface area contributed by atoms with Crippen molar-refractivity contribution in [3.63, 3.8) is 0 Å². The summed E-state index contributed by atoms with van der Waals surface area (Å²) in [5, 5.41) is 3.28. The lowest BCUT2D eigenvalue weighted by atomic mass is 9.73. The minimum Gasteiger partial charge on any atom is -0.463 e. The van der Waals surface area contributed by atoms with E-state index in [0.29, 0.717) is 30.6 Å². The number of benzene rings is 1. The molecule has 1 aliphatic heterocycles. The van der Waals surface area contributed by atoms with Gasteiger partial charge in [-0.05, 0) is 38.8 Å². The van der Waals surface area contributed by atoms with E-state index in [9.17, 15) is 9.59 Å². The normalized spacial score (nSPS) is 20.1. The van der Waals surface area contributed by atoms with Gasteiger partial charge in [0.15, 0.2) is 5.78 Å². The van der Waals surface area contributed by atoms with Gasteiger partial charge in [0.05, 0.1) is 12.2 Å². The first kappa shape index (κ1) is 18.2. The smallest absolute Gasteiger partial charge is 0.336 e. The van der Waals surface area contributed by atoms with Crippen LogP contribution in [-0.4, -0.2) is 18.4 Å². The maximum Gasteiger partial charge on any atom is 0.336 e. The predicted octanol–water partition coefficient (Wildman–Crippen LogP) is 4.00. The topological polar surface area (TPSA) is 55.4 Å². The van der Waals surface area contributed by atoms with Crippen LogP contribution in [0, 0.1) is 13.8 Å². The van der Waals surface area contributed by atoms with Gasteiger partial charge in [-0.2, -0.15) is 0 Å². The number of Topliss-reactive ketones (excluding diaryl/α,β-unsaturated/α-hetero) is 1. The van der Waals surface area contributed by atoms with Crippen molar-refractivity contribution < 1.29 is 14.3 Å². The van der Waals surface area contributed by atoms with Crippen molar-refractivity contribution in [1.82, 2.24) is 5.32 Å². The van der Waals surface area contributed by atoms with E-state index in [1.54, 1.807) is 6.92 Å². The number of carbonyl (C=O) groups is 2. The van der Waals surface area contributed by atoms with Crippen LogP contribution in [0.1, 0.15) is 49.3 Å². The van der Waals surface area contributed by atoms with Crippen molar-refractivity contribution in [3.05, 3.63) is 69.6 Å². The fourth-order valence-electron chi connectivity index (χ4n) is 3.94. The van der Waals surface area contributed by atoms with E-state index in [-0.39, 0.29) is 11.8 Å². The summed E-state index contributed by atoms with van der Waals surface area (Å²) in [7, 11) is 0. The molecular weight excluding hydrogens is 326 g/mol. The predicted molar refractivity (Wildman–Crippen MR) is 102 cm³/mol. The molecule has 0 saturated heterocycles. The minimum atomic E-state index is -0.397. The van der Waals surface area contributed by atoms with Crippen LogP contribution >= 0.6 is 0 Å². The van der Waals surface area contributed by atoms with Crippen LogP contribution in [0.3, 0.4) is 0 Å². The average Bonchev–Trinajstić information content (AvgIpc) is 2.53. The molecule has 0 aromatic heterocycles. The van der Waals surface area contributed by atoms with E-state index >= 15 is 0 Å². The Morgan fingerprint density at radius 1 is 1.27 bits per heavy atom. The van der Waals surface area contributed by atoms with E-state index in [2.05, 4.69) is 18.0 Å². The molecule has 1 aromatic carbocycles. The van der Waals surface area contributed by atoms with Crippen molar-refractivity contribution in [1.29, 1.82) is 0 Å². The molecule has 1 unspecified atom stereocenters. The Kier molecular flexibility index (Phi) is 4.86. The molecular formula is C22H25NO3. The molecule has 136 valence electrons. The maximum atomic E-state index is 12.9. The number of rotatable bonds is 3. The fraction of sp³-hybridized carbons (Fsp3) is 0.364. The van der Waals surface area contributed by atoms with Crippen molar-refractivity contribution >= 4 is 11.8 Å². The van der Waals surface area contributed by atoms with Crippen LogP contribution < -0.4 is 5.32 Å². The Balaban J connectivity index is 2.22. The Bertz CT molecular complexity index is 873. The second-order valence-electron chi connectivity index (χ2n) is 7.10. The summed E-state index contributed by atoms with van der Waals surface area (Å²) in [4.78, 5) is 25.6. The van der Waals surface area contributed by atoms with E-state index in [1.165, 1.54) is 0 Å². The van der Waals surface area contributed by atoms with Gasteiger partial charge in [0.25, 0.3) is 0 Å². The summed E-state index contributed by atoms with van der Waals surface area (Å²) >= 11 is 0. The van der Waals surface area contributed by atoms with Gasteiger partial charge >= 0.3 is 5.97 Å². The highest BCUT2D eigenvalue weighted by Crippen LogP contribution is 2.44. The van der Waals surface area contributed by atoms with Crippen molar-refractivity contribution in [2.24, 2.45) is 0 Å². The zero-order valence-corrected chi connectivity index (χ0v) is 15.9. The molecule has 0 fully saturated rings. The second-order valence-corrected chi connectivity index (χ2v) is 7.10. The lowest BCUT2D eigenvalue weighted by Crippen LogP contribution is -2.35. The number of carbonyl (C=O) groups excluding carboxylic acids is 2. The summed E-state index contributed by atoms with van der Waals surface area (Å²) in [6, 6.07) is 6.13.